The van der Waals surface area contributed by atoms with E-state index in [1.807, 2.05) is 24.3 Å². The van der Waals surface area contributed by atoms with E-state index in [1.165, 1.54) is 0 Å². The number of sulfonamides is 1. The molecule has 1 atom stereocenters. The third-order valence-electron chi connectivity index (χ3n) is 4.96. The van der Waals surface area contributed by atoms with Crippen LogP contribution in [0.4, 0.5) is 5.69 Å². The van der Waals surface area contributed by atoms with Crippen LogP contribution < -0.4 is 9.73 Å². The van der Waals surface area contributed by atoms with Crippen molar-refractivity contribution in [3.8, 4) is 0 Å². The summed E-state index contributed by atoms with van der Waals surface area (Å²) >= 11 is 21.9. The van der Waals surface area contributed by atoms with E-state index in [2.05, 4.69) is 20.7 Å². The number of anilines is 1. The molecule has 0 unspecified atom stereocenters. The van der Waals surface area contributed by atoms with Crippen molar-refractivity contribution in [2.45, 2.75) is 17.4 Å². The maximum atomic E-state index is 12.7. The molecule has 10 heteroatoms. The van der Waals surface area contributed by atoms with E-state index in [0.29, 0.717) is 37.4 Å². The molecule has 1 aliphatic rings. The predicted molar refractivity (Wildman–Crippen MR) is 135 cm³/mol. The first-order valence-electron chi connectivity index (χ1n) is 9.54. The second kappa shape index (κ2) is 9.71. The van der Waals surface area contributed by atoms with Crippen LogP contribution in [0.15, 0.2) is 81.2 Å². The second-order valence-corrected chi connectivity index (χ2v) is 11.1. The number of benzene rings is 3. The first-order chi connectivity index (χ1) is 15.2. The van der Waals surface area contributed by atoms with E-state index in [0.717, 1.165) is 5.56 Å². The van der Waals surface area contributed by atoms with Gasteiger partial charge >= 0.3 is 0 Å². The topological polar surface area (TPSA) is 61.8 Å². The van der Waals surface area contributed by atoms with E-state index in [9.17, 15) is 8.42 Å². The number of nitrogens with zero attached hydrogens (tertiary/aromatic N) is 2. The van der Waals surface area contributed by atoms with Crippen molar-refractivity contribution in [1.82, 2.24) is 4.72 Å². The fourth-order valence-corrected chi connectivity index (χ4v) is 5.64. The standard InChI is InChI=1S/C22H17BrCl3N3O2S/c23-15-2-1-3-19(10-15)32(30,31)27-13-18-12-22(14-4-6-16(24)7-5-14)29(28-18)21-9-8-17(25)11-20(21)26/h1-11,22,27H,12-13H2/t22-/m1/s1. The van der Waals surface area contributed by atoms with Crippen LogP contribution in [0.3, 0.4) is 0 Å². The summed E-state index contributed by atoms with van der Waals surface area (Å²) in [4.78, 5) is 0.178. The highest BCUT2D eigenvalue weighted by molar-refractivity contribution is 9.10. The van der Waals surface area contributed by atoms with E-state index in [4.69, 9.17) is 39.9 Å². The van der Waals surface area contributed by atoms with Crippen molar-refractivity contribution >= 4 is 72.2 Å². The van der Waals surface area contributed by atoms with Gasteiger partial charge in [-0.3, -0.25) is 5.01 Å². The van der Waals surface area contributed by atoms with E-state index in [-0.39, 0.29) is 17.5 Å². The maximum Gasteiger partial charge on any atom is 0.240 e. The Balaban J connectivity index is 1.61. The van der Waals surface area contributed by atoms with Gasteiger partial charge in [-0.15, -0.1) is 0 Å². The van der Waals surface area contributed by atoms with Crippen LogP contribution >= 0.6 is 50.7 Å². The average Bonchev–Trinajstić information content (AvgIpc) is 3.17. The number of hydrogen-bond donors (Lipinski definition) is 1. The van der Waals surface area contributed by atoms with Crippen LogP contribution in [-0.4, -0.2) is 20.7 Å². The lowest BCUT2D eigenvalue weighted by atomic mass is 10.0. The van der Waals surface area contributed by atoms with Gasteiger partial charge in [0.1, 0.15) is 0 Å². The van der Waals surface area contributed by atoms with Gasteiger partial charge < -0.3 is 0 Å². The first kappa shape index (κ1) is 23.5. The van der Waals surface area contributed by atoms with Crippen molar-refractivity contribution in [2.75, 3.05) is 11.6 Å². The van der Waals surface area contributed by atoms with Gasteiger partial charge in [0.2, 0.25) is 10.0 Å². The molecule has 0 amide bonds. The zero-order chi connectivity index (χ0) is 22.9. The fourth-order valence-electron chi connectivity index (χ4n) is 3.41. The molecule has 0 saturated carbocycles. The normalized spacial score (nSPS) is 16.3. The third kappa shape index (κ3) is 5.30. The lowest BCUT2D eigenvalue weighted by molar-refractivity contribution is 0.586. The minimum atomic E-state index is -3.69. The Morgan fingerprint density at radius 3 is 2.41 bits per heavy atom. The zero-order valence-corrected chi connectivity index (χ0v) is 21.1. The first-order valence-corrected chi connectivity index (χ1v) is 13.0. The predicted octanol–water partition coefficient (Wildman–Crippen LogP) is 6.70. The Bertz CT molecular complexity index is 1280. The molecule has 0 bridgehead atoms. The molecule has 0 radical (unpaired) electrons. The minimum absolute atomic E-state index is 0.0701. The van der Waals surface area contributed by atoms with Gasteiger partial charge in [0.25, 0.3) is 0 Å². The lowest BCUT2D eigenvalue weighted by Crippen LogP contribution is -2.29. The number of rotatable bonds is 6. The zero-order valence-electron chi connectivity index (χ0n) is 16.5. The van der Waals surface area contributed by atoms with Gasteiger partial charge in [0.05, 0.1) is 33.9 Å². The van der Waals surface area contributed by atoms with E-state index < -0.39 is 10.0 Å². The number of hydrazone groups is 1. The highest BCUT2D eigenvalue weighted by Gasteiger charge is 2.31. The molecule has 1 heterocycles. The summed E-state index contributed by atoms with van der Waals surface area (Å²) in [6.45, 7) is 0.0701. The highest BCUT2D eigenvalue weighted by Crippen LogP contribution is 2.39. The van der Waals surface area contributed by atoms with Gasteiger partial charge in [0, 0.05) is 20.9 Å². The molecule has 0 saturated heterocycles. The summed E-state index contributed by atoms with van der Waals surface area (Å²) in [5.41, 5.74) is 2.34. The van der Waals surface area contributed by atoms with Gasteiger partial charge in [-0.2, -0.15) is 5.10 Å². The summed E-state index contributed by atoms with van der Waals surface area (Å²) < 4.78 is 28.8. The highest BCUT2D eigenvalue weighted by atomic mass is 79.9. The molecule has 0 spiro atoms. The number of nitrogens with one attached hydrogen (secondary N) is 1. The molecule has 0 fully saturated rings. The molecule has 1 aliphatic heterocycles. The van der Waals surface area contributed by atoms with E-state index >= 15 is 0 Å². The van der Waals surface area contributed by atoms with Crippen LogP contribution in [0.25, 0.3) is 0 Å². The molecule has 32 heavy (non-hydrogen) atoms. The van der Waals surface area contributed by atoms with Crippen molar-refractivity contribution in [3.05, 3.63) is 91.8 Å². The van der Waals surface area contributed by atoms with Crippen molar-refractivity contribution in [1.29, 1.82) is 0 Å². The Hall–Kier alpha value is -1.61. The Morgan fingerprint density at radius 1 is 1.00 bits per heavy atom. The number of halogens is 4. The summed E-state index contributed by atoms with van der Waals surface area (Å²) in [5, 5.41) is 8.10. The average molecular weight is 574 g/mol. The Kier molecular flexibility index (Phi) is 7.14. The number of hydrogen-bond acceptors (Lipinski definition) is 4. The summed E-state index contributed by atoms with van der Waals surface area (Å²) in [5.74, 6) is 0. The van der Waals surface area contributed by atoms with Gasteiger partial charge in [-0.25, -0.2) is 13.1 Å². The largest absolute Gasteiger partial charge is 0.256 e. The fraction of sp³-hybridized carbons (Fsp3) is 0.136. The van der Waals surface area contributed by atoms with Crippen LogP contribution in [0.2, 0.25) is 15.1 Å². The lowest BCUT2D eigenvalue weighted by Gasteiger charge is -2.25. The van der Waals surface area contributed by atoms with Crippen LogP contribution in [0.5, 0.6) is 0 Å². The van der Waals surface area contributed by atoms with Gasteiger partial charge in [-0.05, 0) is 54.1 Å². The SMILES string of the molecule is O=S(=O)(NCC1=NN(c2ccc(Cl)cc2Cl)[C@@H](c2ccc(Cl)cc2)C1)c1cccc(Br)c1. The monoisotopic (exact) mass is 571 g/mol. The molecule has 0 aliphatic carbocycles. The van der Waals surface area contributed by atoms with Gasteiger partial charge in [0.15, 0.2) is 0 Å². The second-order valence-electron chi connectivity index (χ2n) is 7.16. The van der Waals surface area contributed by atoms with E-state index in [1.54, 1.807) is 47.5 Å². The van der Waals surface area contributed by atoms with Crippen LogP contribution in [0, 0.1) is 0 Å². The summed E-state index contributed by atoms with van der Waals surface area (Å²) in [6.07, 6.45) is 0.515. The quantitative estimate of drug-likeness (QED) is 0.357. The molecular weight excluding hydrogens is 557 g/mol. The summed E-state index contributed by atoms with van der Waals surface area (Å²) in [6, 6.07) is 19.0. The van der Waals surface area contributed by atoms with Crippen molar-refractivity contribution < 1.29 is 8.42 Å². The molecule has 3 aromatic rings. The minimum Gasteiger partial charge on any atom is -0.256 e. The molecule has 3 aromatic carbocycles. The van der Waals surface area contributed by atoms with Crippen LogP contribution in [0.1, 0.15) is 18.0 Å². The molecule has 1 N–H and O–H groups in total. The third-order valence-corrected chi connectivity index (χ3v) is 7.64. The van der Waals surface area contributed by atoms with Gasteiger partial charge in [-0.1, -0.05) is 68.9 Å². The molecular formula is C22H17BrCl3N3O2S. The van der Waals surface area contributed by atoms with Crippen LogP contribution in [-0.2, 0) is 10.0 Å². The molecule has 5 nitrogen and oxygen atoms in total. The molecule has 0 aromatic heterocycles. The smallest absolute Gasteiger partial charge is 0.240 e. The summed E-state index contributed by atoms with van der Waals surface area (Å²) in [7, 11) is -3.69. The molecule has 4 rings (SSSR count). The molecule has 166 valence electrons. The Labute approximate surface area is 210 Å². The van der Waals surface area contributed by atoms with Crippen molar-refractivity contribution in [3.63, 3.8) is 0 Å². The van der Waals surface area contributed by atoms with Crippen molar-refractivity contribution in [2.24, 2.45) is 5.10 Å². The Morgan fingerprint density at radius 2 is 1.72 bits per heavy atom. The maximum absolute atomic E-state index is 12.7.